The van der Waals surface area contributed by atoms with E-state index >= 15 is 0 Å². The van der Waals surface area contributed by atoms with Crippen LogP contribution >= 0.6 is 0 Å². The summed E-state index contributed by atoms with van der Waals surface area (Å²) in [6.45, 7) is 1.45. The molecule has 0 aliphatic rings. The highest BCUT2D eigenvalue weighted by Gasteiger charge is 2.45. The maximum atomic E-state index is 12.8. The largest absolute Gasteiger partial charge is 0.480 e. The van der Waals surface area contributed by atoms with Gasteiger partial charge in [-0.05, 0) is 36.4 Å². The van der Waals surface area contributed by atoms with Crippen LogP contribution in [-0.2, 0) is 20.2 Å². The minimum absolute atomic E-state index is 0.0394. The van der Waals surface area contributed by atoms with Gasteiger partial charge in [0.25, 0.3) is 5.91 Å². The summed E-state index contributed by atoms with van der Waals surface area (Å²) in [7, 11) is -3.79. The van der Waals surface area contributed by atoms with Crippen molar-refractivity contribution in [3.63, 3.8) is 0 Å². The summed E-state index contributed by atoms with van der Waals surface area (Å²) in [6.07, 6.45) is 1.26. The van der Waals surface area contributed by atoms with Gasteiger partial charge in [-0.15, -0.1) is 0 Å². The molecule has 1 unspecified atom stereocenters. The Hall–Kier alpha value is -4.02. The molecule has 0 spiro atoms. The minimum Gasteiger partial charge on any atom is -0.480 e. The van der Waals surface area contributed by atoms with E-state index in [1.165, 1.54) is 37.4 Å². The van der Waals surface area contributed by atoms with Crippen molar-refractivity contribution in [2.45, 2.75) is 17.4 Å². The molecular formula is C25H23N3O6S. The number of furan rings is 1. The quantitative estimate of drug-likeness (QED) is 0.337. The maximum absolute atomic E-state index is 12.8. The Labute approximate surface area is 201 Å². The molecule has 0 fully saturated rings. The van der Waals surface area contributed by atoms with Crippen molar-refractivity contribution < 1.29 is 27.5 Å². The number of pyridine rings is 1. The third-order valence-corrected chi connectivity index (χ3v) is 7.73. The van der Waals surface area contributed by atoms with Gasteiger partial charge in [0.05, 0.1) is 28.2 Å². The zero-order valence-electron chi connectivity index (χ0n) is 18.7. The molecule has 0 aliphatic heterocycles. The van der Waals surface area contributed by atoms with Gasteiger partial charge in [-0.1, -0.05) is 43.3 Å². The molecule has 2 atom stereocenters. The smallest absolute Gasteiger partial charge is 0.330 e. The molecule has 0 saturated heterocycles. The number of carbonyl (C=O) groups excluding carboxylic acids is 1. The summed E-state index contributed by atoms with van der Waals surface area (Å²) >= 11 is 0. The highest BCUT2D eigenvalue weighted by atomic mass is 32.2. The van der Waals surface area contributed by atoms with Gasteiger partial charge in [-0.3, -0.25) is 9.78 Å². The van der Waals surface area contributed by atoms with Gasteiger partial charge in [0, 0.05) is 11.3 Å². The van der Waals surface area contributed by atoms with Gasteiger partial charge in [0.2, 0.25) is 0 Å². The van der Waals surface area contributed by atoms with E-state index < -0.39 is 38.9 Å². The Morgan fingerprint density at radius 1 is 1.09 bits per heavy atom. The molecule has 2 aromatic heterocycles. The summed E-state index contributed by atoms with van der Waals surface area (Å²) in [5.74, 6) is -3.33. The van der Waals surface area contributed by atoms with Crippen LogP contribution in [0.5, 0.6) is 0 Å². The number of hydrogen-bond acceptors (Lipinski definition) is 7. The van der Waals surface area contributed by atoms with Crippen molar-refractivity contribution in [1.82, 2.24) is 4.98 Å². The second-order valence-electron chi connectivity index (χ2n) is 8.20. The van der Waals surface area contributed by atoms with E-state index in [0.29, 0.717) is 5.58 Å². The standard InChI is InChI=1S/C25H23N3O6S/c1-16(15-35(32,33)19-8-3-2-4-9-19)25(26,24(30)31)22-12-11-18(14-27-22)28-23(29)21-13-17-7-5-6-10-20(17)34-21/h2-14,16H,15,26H2,1H3,(H,28,29)(H,30,31)/t16?,25-/m1/s1. The summed E-state index contributed by atoms with van der Waals surface area (Å²) in [5, 5.41) is 13.3. The lowest BCUT2D eigenvalue weighted by molar-refractivity contribution is -0.145. The lowest BCUT2D eigenvalue weighted by Gasteiger charge is -2.30. The first-order chi connectivity index (χ1) is 16.6. The zero-order chi connectivity index (χ0) is 25.2. The van der Waals surface area contributed by atoms with Gasteiger partial charge >= 0.3 is 5.97 Å². The highest BCUT2D eigenvalue weighted by Crippen LogP contribution is 2.30. The van der Waals surface area contributed by atoms with Crippen molar-refractivity contribution in [2.75, 3.05) is 11.1 Å². The van der Waals surface area contributed by atoms with Crippen LogP contribution in [-0.4, -0.2) is 36.1 Å². The first-order valence-corrected chi connectivity index (χ1v) is 12.3. The summed E-state index contributed by atoms with van der Waals surface area (Å²) in [6, 6.07) is 19.3. The second kappa shape index (κ2) is 9.32. The van der Waals surface area contributed by atoms with Crippen LogP contribution in [0.25, 0.3) is 11.0 Å². The van der Waals surface area contributed by atoms with E-state index in [-0.39, 0.29) is 22.0 Å². The fraction of sp³-hybridized carbons (Fsp3) is 0.160. The third kappa shape index (κ3) is 4.79. The van der Waals surface area contributed by atoms with Gasteiger partial charge in [-0.25, -0.2) is 13.2 Å². The Kier molecular flexibility index (Phi) is 6.42. The number of nitrogens with one attached hydrogen (secondary N) is 1. The first-order valence-electron chi connectivity index (χ1n) is 10.7. The number of carbonyl (C=O) groups is 2. The van der Waals surface area contributed by atoms with Crippen LogP contribution in [0, 0.1) is 5.92 Å². The SMILES string of the molecule is CC(CS(=O)(=O)c1ccccc1)[C@](N)(C(=O)O)c1ccc(NC(=O)c2cc3ccccc3o2)cn1. The van der Waals surface area contributed by atoms with Crippen molar-refractivity contribution >= 4 is 38.4 Å². The molecule has 0 saturated carbocycles. The van der Waals surface area contributed by atoms with Crippen molar-refractivity contribution in [3.8, 4) is 0 Å². The average Bonchev–Trinajstić information content (AvgIpc) is 3.29. The molecular weight excluding hydrogens is 470 g/mol. The summed E-state index contributed by atoms with van der Waals surface area (Å²) in [4.78, 5) is 29.0. The van der Waals surface area contributed by atoms with Crippen LogP contribution in [0.1, 0.15) is 23.2 Å². The molecule has 4 N–H and O–H groups in total. The number of para-hydroxylation sites is 1. The monoisotopic (exact) mass is 493 g/mol. The fourth-order valence-corrected chi connectivity index (χ4v) is 5.44. The van der Waals surface area contributed by atoms with Crippen LogP contribution in [0.4, 0.5) is 5.69 Å². The predicted molar refractivity (Wildman–Crippen MR) is 130 cm³/mol. The molecule has 0 bridgehead atoms. The normalized spacial score (nSPS) is 14.2. The predicted octanol–water partition coefficient (Wildman–Crippen LogP) is 3.43. The maximum Gasteiger partial charge on any atom is 0.330 e. The molecule has 4 rings (SSSR count). The van der Waals surface area contributed by atoms with Crippen LogP contribution < -0.4 is 11.1 Å². The van der Waals surface area contributed by atoms with E-state index in [4.69, 9.17) is 10.2 Å². The molecule has 35 heavy (non-hydrogen) atoms. The van der Waals surface area contributed by atoms with E-state index in [1.807, 2.05) is 12.1 Å². The molecule has 0 radical (unpaired) electrons. The molecule has 2 heterocycles. The first kappa shape index (κ1) is 24.1. The average molecular weight is 494 g/mol. The number of amides is 1. The Morgan fingerprint density at radius 3 is 2.40 bits per heavy atom. The highest BCUT2D eigenvalue weighted by molar-refractivity contribution is 7.91. The van der Waals surface area contributed by atoms with Crippen LogP contribution in [0.3, 0.4) is 0 Å². The Balaban J connectivity index is 1.54. The molecule has 180 valence electrons. The zero-order valence-corrected chi connectivity index (χ0v) is 19.5. The molecule has 9 nitrogen and oxygen atoms in total. The third-order valence-electron chi connectivity index (χ3n) is 5.80. The fourth-order valence-electron chi connectivity index (χ4n) is 3.76. The minimum atomic E-state index is -3.79. The topological polar surface area (TPSA) is 153 Å². The molecule has 2 aromatic carbocycles. The lowest BCUT2D eigenvalue weighted by Crippen LogP contribution is -2.52. The molecule has 10 heteroatoms. The van der Waals surface area contributed by atoms with Gasteiger partial charge in [-0.2, -0.15) is 0 Å². The number of anilines is 1. The van der Waals surface area contributed by atoms with E-state index in [9.17, 15) is 23.1 Å². The van der Waals surface area contributed by atoms with E-state index in [0.717, 1.165) is 5.39 Å². The van der Waals surface area contributed by atoms with Gasteiger partial charge in [0.1, 0.15) is 5.58 Å². The van der Waals surface area contributed by atoms with E-state index in [2.05, 4.69) is 10.3 Å². The van der Waals surface area contributed by atoms with Crippen molar-refractivity contribution in [1.29, 1.82) is 0 Å². The molecule has 4 aromatic rings. The van der Waals surface area contributed by atoms with Crippen LogP contribution in [0.2, 0.25) is 0 Å². The Morgan fingerprint density at radius 2 is 1.77 bits per heavy atom. The van der Waals surface area contributed by atoms with Gasteiger partial charge < -0.3 is 20.6 Å². The lowest BCUT2D eigenvalue weighted by atomic mass is 9.84. The number of aliphatic carboxylic acids is 1. The van der Waals surface area contributed by atoms with Gasteiger partial charge in [0.15, 0.2) is 21.1 Å². The number of carboxylic acid groups (broad SMARTS) is 1. The second-order valence-corrected chi connectivity index (χ2v) is 10.2. The number of benzene rings is 2. The number of aromatic nitrogens is 1. The number of hydrogen-bond donors (Lipinski definition) is 3. The number of rotatable bonds is 8. The van der Waals surface area contributed by atoms with Crippen LogP contribution in [0.15, 0.2) is 88.3 Å². The van der Waals surface area contributed by atoms with E-state index in [1.54, 1.807) is 36.4 Å². The number of sulfone groups is 1. The summed E-state index contributed by atoms with van der Waals surface area (Å²) < 4.78 is 31.1. The number of nitrogens with two attached hydrogens (primary N) is 1. The van der Waals surface area contributed by atoms with Crippen molar-refractivity contribution in [2.24, 2.45) is 11.7 Å². The number of carboxylic acids is 1. The molecule has 0 aliphatic carbocycles. The Bertz CT molecular complexity index is 1450. The molecule has 1 amide bonds. The summed E-state index contributed by atoms with van der Waals surface area (Å²) in [5.41, 5.74) is 4.99. The van der Waals surface area contributed by atoms with Crippen molar-refractivity contribution in [3.05, 3.63) is 90.4 Å². The number of fused-ring (bicyclic) bond motifs is 1. The number of nitrogens with zero attached hydrogens (tertiary/aromatic N) is 1.